The molecule has 3 aromatic rings. The van der Waals surface area contributed by atoms with E-state index in [2.05, 4.69) is 44.7 Å². The number of benzene rings is 2. The summed E-state index contributed by atoms with van der Waals surface area (Å²) in [6, 6.07) is 11.5. The van der Waals surface area contributed by atoms with Crippen LogP contribution in [0.3, 0.4) is 0 Å². The Morgan fingerprint density at radius 1 is 1.12 bits per heavy atom. The first-order chi connectivity index (χ1) is 19.7. The molecule has 2 aromatic carbocycles. The van der Waals surface area contributed by atoms with Crippen LogP contribution < -0.4 is 19.9 Å². The van der Waals surface area contributed by atoms with Crippen LogP contribution in [0.2, 0.25) is 5.02 Å². The topological polar surface area (TPSA) is 90.9 Å². The number of amides is 2. The molecule has 1 aliphatic rings. The molecule has 1 aliphatic heterocycles. The van der Waals surface area contributed by atoms with Crippen molar-refractivity contribution in [3.05, 3.63) is 82.8 Å². The van der Waals surface area contributed by atoms with Crippen LogP contribution in [0.5, 0.6) is 5.75 Å². The Morgan fingerprint density at radius 2 is 1.88 bits per heavy atom. The van der Waals surface area contributed by atoms with Crippen molar-refractivity contribution in [1.82, 2.24) is 14.9 Å². The lowest BCUT2D eigenvalue weighted by Crippen LogP contribution is -2.46. The van der Waals surface area contributed by atoms with Crippen LogP contribution in [-0.2, 0) is 22.4 Å². The maximum atomic E-state index is 13.2. The monoisotopic (exact) mass is 576 g/mol. The van der Waals surface area contributed by atoms with E-state index >= 15 is 0 Å². The summed E-state index contributed by atoms with van der Waals surface area (Å²) in [5.41, 5.74) is 4.90. The van der Waals surface area contributed by atoms with E-state index in [0.29, 0.717) is 40.0 Å². The molecule has 2 amide bonds. The third-order valence-corrected chi connectivity index (χ3v) is 7.94. The van der Waals surface area contributed by atoms with Gasteiger partial charge in [-0.1, -0.05) is 31.2 Å². The molecule has 4 rings (SSSR count). The number of carbonyl (C=O) groups excluding carboxylic acids is 2. The van der Waals surface area contributed by atoms with Gasteiger partial charge in [-0.2, -0.15) is 0 Å². The van der Waals surface area contributed by atoms with Crippen LogP contribution in [0.25, 0.3) is 0 Å². The molecule has 1 N–H and O–H groups in total. The Morgan fingerprint density at radius 3 is 2.56 bits per heavy atom. The second kappa shape index (κ2) is 13.6. The van der Waals surface area contributed by atoms with Gasteiger partial charge in [-0.25, -0.2) is 9.97 Å². The lowest BCUT2D eigenvalue weighted by Gasteiger charge is -2.35. The number of aryl methyl sites for hydroxylation is 1. The maximum Gasteiger partial charge on any atom is 0.247 e. The first-order valence-electron chi connectivity index (χ1n) is 13.7. The second-order valence-corrected chi connectivity index (χ2v) is 10.4. The number of piperazine rings is 1. The fraction of sp³-hybridized carbons (Fsp3) is 0.355. The van der Waals surface area contributed by atoms with Crippen molar-refractivity contribution >= 4 is 40.6 Å². The predicted molar refractivity (Wildman–Crippen MR) is 164 cm³/mol. The Balaban J connectivity index is 1.53. The van der Waals surface area contributed by atoms with Crippen molar-refractivity contribution in [1.29, 1.82) is 0 Å². The van der Waals surface area contributed by atoms with E-state index in [1.54, 1.807) is 26.3 Å². The van der Waals surface area contributed by atoms with E-state index in [-0.39, 0.29) is 18.2 Å². The molecule has 0 saturated carbocycles. The average molecular weight is 577 g/mol. The lowest BCUT2D eigenvalue weighted by atomic mass is 10.0. The van der Waals surface area contributed by atoms with Crippen molar-refractivity contribution in [3.8, 4) is 5.75 Å². The number of nitrogens with zero attached hydrogens (tertiary/aromatic N) is 5. The molecule has 2 heterocycles. The molecule has 0 spiro atoms. The summed E-state index contributed by atoms with van der Waals surface area (Å²) in [5, 5.41) is 3.50. The average Bonchev–Trinajstić information content (AvgIpc) is 2.99. The number of carbonyl (C=O) groups is 2. The van der Waals surface area contributed by atoms with Crippen LogP contribution in [0.1, 0.15) is 29.3 Å². The summed E-state index contributed by atoms with van der Waals surface area (Å²) < 4.78 is 5.34. The summed E-state index contributed by atoms with van der Waals surface area (Å²) in [5.74, 6) is 0.670. The zero-order valence-electron chi connectivity index (χ0n) is 24.1. The van der Waals surface area contributed by atoms with Crippen molar-refractivity contribution in [2.45, 2.75) is 26.7 Å². The van der Waals surface area contributed by atoms with Gasteiger partial charge in [-0.3, -0.25) is 14.5 Å². The largest absolute Gasteiger partial charge is 0.497 e. The van der Waals surface area contributed by atoms with Crippen LogP contribution in [-0.4, -0.2) is 73.6 Å². The number of ether oxygens (including phenoxy) is 1. The van der Waals surface area contributed by atoms with Gasteiger partial charge in [0, 0.05) is 62.1 Å². The first kappa shape index (κ1) is 30.0. The predicted octanol–water partition coefficient (Wildman–Crippen LogP) is 4.51. The third kappa shape index (κ3) is 7.42. The van der Waals surface area contributed by atoms with Crippen molar-refractivity contribution in [2.24, 2.45) is 0 Å². The van der Waals surface area contributed by atoms with Crippen LogP contribution in [0.15, 0.2) is 55.4 Å². The number of nitrogens with one attached hydrogen (secondary N) is 1. The zero-order chi connectivity index (χ0) is 29.5. The van der Waals surface area contributed by atoms with E-state index in [9.17, 15) is 9.59 Å². The SMILES string of the molecule is C=CC(=O)Nc1cc(N2CCN(CC)CC2)ccc1Cc1cc(N(C)C(=O)Cc2cc(OC)cc(C)c2Cl)ncn1. The van der Waals surface area contributed by atoms with Gasteiger partial charge in [0.2, 0.25) is 11.8 Å². The number of aromatic nitrogens is 2. The highest BCUT2D eigenvalue weighted by Crippen LogP contribution is 2.29. The van der Waals surface area contributed by atoms with E-state index in [4.69, 9.17) is 16.3 Å². The number of anilines is 3. The molecule has 0 bridgehead atoms. The molecular formula is C31H37ClN6O3. The second-order valence-electron chi connectivity index (χ2n) is 10.0. The zero-order valence-corrected chi connectivity index (χ0v) is 24.9. The summed E-state index contributed by atoms with van der Waals surface area (Å²) in [4.78, 5) is 40.5. The van der Waals surface area contributed by atoms with Crippen molar-refractivity contribution in [2.75, 3.05) is 62.0 Å². The Hall–Kier alpha value is -3.95. The van der Waals surface area contributed by atoms with E-state index in [1.165, 1.54) is 17.3 Å². The summed E-state index contributed by atoms with van der Waals surface area (Å²) in [6.07, 6.45) is 3.24. The number of rotatable bonds is 10. The summed E-state index contributed by atoms with van der Waals surface area (Å²) in [6.45, 7) is 12.6. The Bertz CT molecular complexity index is 1420. The highest BCUT2D eigenvalue weighted by Gasteiger charge is 2.19. The van der Waals surface area contributed by atoms with Crippen LogP contribution in [0.4, 0.5) is 17.2 Å². The van der Waals surface area contributed by atoms with E-state index in [1.807, 2.05) is 25.1 Å². The van der Waals surface area contributed by atoms with Gasteiger partial charge < -0.3 is 19.9 Å². The van der Waals surface area contributed by atoms with Gasteiger partial charge in [-0.05, 0) is 60.5 Å². The van der Waals surface area contributed by atoms with Crippen LogP contribution in [0, 0.1) is 6.92 Å². The van der Waals surface area contributed by atoms with Gasteiger partial charge in [0.15, 0.2) is 0 Å². The molecule has 10 heteroatoms. The number of hydrogen-bond acceptors (Lipinski definition) is 7. The normalized spacial score (nSPS) is 13.5. The molecule has 1 aromatic heterocycles. The number of halogens is 1. The molecular weight excluding hydrogens is 540 g/mol. The molecule has 0 radical (unpaired) electrons. The number of hydrogen-bond donors (Lipinski definition) is 1. The molecule has 0 unspecified atom stereocenters. The highest BCUT2D eigenvalue weighted by molar-refractivity contribution is 6.32. The van der Waals surface area contributed by atoms with Crippen molar-refractivity contribution < 1.29 is 14.3 Å². The Kier molecular flexibility index (Phi) is 9.96. The molecule has 41 heavy (non-hydrogen) atoms. The smallest absolute Gasteiger partial charge is 0.247 e. The van der Waals surface area contributed by atoms with E-state index in [0.717, 1.165) is 49.5 Å². The van der Waals surface area contributed by atoms with E-state index < -0.39 is 0 Å². The van der Waals surface area contributed by atoms with Gasteiger partial charge in [0.1, 0.15) is 17.9 Å². The molecule has 1 fully saturated rings. The highest BCUT2D eigenvalue weighted by atomic mass is 35.5. The van der Waals surface area contributed by atoms with Gasteiger partial charge in [-0.15, -0.1) is 0 Å². The number of methoxy groups -OCH3 is 1. The maximum absolute atomic E-state index is 13.2. The minimum Gasteiger partial charge on any atom is -0.497 e. The quantitative estimate of drug-likeness (QED) is 0.355. The first-order valence-corrected chi connectivity index (χ1v) is 14.0. The molecule has 1 saturated heterocycles. The molecule has 9 nitrogen and oxygen atoms in total. The minimum atomic E-state index is -0.278. The molecule has 0 aliphatic carbocycles. The summed E-state index contributed by atoms with van der Waals surface area (Å²) >= 11 is 6.47. The van der Waals surface area contributed by atoms with Crippen molar-refractivity contribution in [3.63, 3.8) is 0 Å². The minimum absolute atomic E-state index is 0.0957. The Labute approximate surface area is 246 Å². The lowest BCUT2D eigenvalue weighted by molar-refractivity contribution is -0.117. The molecule has 216 valence electrons. The van der Waals surface area contributed by atoms with Gasteiger partial charge >= 0.3 is 0 Å². The fourth-order valence-corrected chi connectivity index (χ4v) is 5.04. The van der Waals surface area contributed by atoms with Crippen LogP contribution >= 0.6 is 11.6 Å². The van der Waals surface area contributed by atoms with Gasteiger partial charge in [0.25, 0.3) is 0 Å². The molecule has 0 atom stereocenters. The van der Waals surface area contributed by atoms with Gasteiger partial charge in [0.05, 0.1) is 19.2 Å². The summed E-state index contributed by atoms with van der Waals surface area (Å²) in [7, 11) is 3.26. The fourth-order valence-electron chi connectivity index (χ4n) is 4.86. The standard InChI is InChI=1S/C31H37ClN6O3/c1-6-29(39)35-27-19-25(38-12-10-37(7-2)11-13-38)9-8-22(27)15-24-18-28(34-20-33-24)36(4)30(40)17-23-16-26(41-5)14-21(3)31(23)32/h6,8-9,14,16,18-20H,1,7,10-13,15,17H2,2-5H3,(H,35,39). The third-order valence-electron chi connectivity index (χ3n) is 7.40. The number of likely N-dealkylation sites (N-methyl/N-ethyl adjacent to an activating group) is 2.